The molecule has 0 bridgehead atoms. The number of rotatable bonds is 3. The Kier molecular flexibility index (Phi) is 4.49. The average molecular weight is 278 g/mol. The fourth-order valence-electron chi connectivity index (χ4n) is 2.61. The first-order chi connectivity index (χ1) is 9.56. The maximum Gasteiger partial charge on any atom is 0.340 e. The summed E-state index contributed by atoms with van der Waals surface area (Å²) in [6.45, 7) is 3.91. The van der Waals surface area contributed by atoms with Gasteiger partial charge in [0.2, 0.25) is 0 Å². The smallest absolute Gasteiger partial charge is 0.340 e. The molecule has 0 saturated carbocycles. The van der Waals surface area contributed by atoms with Crippen molar-refractivity contribution in [1.29, 1.82) is 0 Å². The Morgan fingerprint density at radius 2 is 2.10 bits per heavy atom. The molecule has 1 heterocycles. The minimum Gasteiger partial charge on any atom is -0.465 e. The molecule has 0 amide bonds. The van der Waals surface area contributed by atoms with Gasteiger partial charge in [0.05, 0.1) is 12.7 Å². The molecule has 1 aliphatic rings. The molecule has 1 aromatic rings. The number of anilines is 2. The maximum absolute atomic E-state index is 11.8. The number of ether oxygens (including phenoxy) is 1. The normalized spacial score (nSPS) is 16.2. The lowest BCUT2D eigenvalue weighted by molar-refractivity contribution is 0.0602. The first kappa shape index (κ1) is 14.7. The van der Waals surface area contributed by atoms with E-state index in [1.165, 1.54) is 7.11 Å². The van der Waals surface area contributed by atoms with E-state index >= 15 is 0 Å². The van der Waals surface area contributed by atoms with Crippen molar-refractivity contribution in [2.45, 2.75) is 19.8 Å². The number of nitrogens with two attached hydrogens (primary N) is 1. The van der Waals surface area contributed by atoms with Gasteiger partial charge in [0, 0.05) is 31.1 Å². The Hall–Kier alpha value is -1.75. The van der Waals surface area contributed by atoms with Crippen LogP contribution in [0.15, 0.2) is 12.1 Å². The van der Waals surface area contributed by atoms with Crippen molar-refractivity contribution in [3.63, 3.8) is 0 Å². The van der Waals surface area contributed by atoms with Gasteiger partial charge < -0.3 is 20.5 Å². The highest BCUT2D eigenvalue weighted by Gasteiger charge is 2.21. The molecule has 20 heavy (non-hydrogen) atoms. The number of piperidine rings is 1. The number of nitrogen functional groups attached to an aromatic ring is 1. The standard InChI is InChI=1S/C15H22N2O3/c1-10-7-12(8-13(14(10)16)15(19)20-2)17-5-3-11(9-18)4-6-17/h7-8,11,18H,3-6,9,16H2,1-2H3. The lowest BCUT2D eigenvalue weighted by atomic mass is 9.96. The van der Waals surface area contributed by atoms with Crippen molar-refractivity contribution in [3.8, 4) is 0 Å². The highest BCUT2D eigenvalue weighted by Crippen LogP contribution is 2.29. The predicted molar refractivity (Wildman–Crippen MR) is 79.0 cm³/mol. The maximum atomic E-state index is 11.8. The molecule has 1 saturated heterocycles. The van der Waals surface area contributed by atoms with Crippen LogP contribution >= 0.6 is 0 Å². The van der Waals surface area contributed by atoms with Gasteiger partial charge in [-0.05, 0) is 43.4 Å². The van der Waals surface area contributed by atoms with Crippen LogP contribution in [0.5, 0.6) is 0 Å². The quantitative estimate of drug-likeness (QED) is 0.648. The second kappa shape index (κ2) is 6.13. The number of esters is 1. The summed E-state index contributed by atoms with van der Waals surface area (Å²) in [5.74, 6) is -0.0149. The van der Waals surface area contributed by atoms with E-state index in [4.69, 9.17) is 10.5 Å². The molecular formula is C15H22N2O3. The molecule has 5 nitrogen and oxygen atoms in total. The predicted octanol–water partition coefficient (Wildman–Crippen LogP) is 1.57. The highest BCUT2D eigenvalue weighted by atomic mass is 16.5. The third kappa shape index (κ3) is 2.88. The summed E-state index contributed by atoms with van der Waals surface area (Å²) < 4.78 is 4.78. The van der Waals surface area contributed by atoms with Gasteiger partial charge in [0.1, 0.15) is 0 Å². The zero-order chi connectivity index (χ0) is 14.7. The number of carbonyl (C=O) groups is 1. The van der Waals surface area contributed by atoms with Crippen molar-refractivity contribution < 1.29 is 14.6 Å². The van der Waals surface area contributed by atoms with Gasteiger partial charge >= 0.3 is 5.97 Å². The summed E-state index contributed by atoms with van der Waals surface area (Å²) in [6, 6.07) is 3.80. The lowest BCUT2D eigenvalue weighted by Crippen LogP contribution is -2.35. The average Bonchev–Trinajstić information content (AvgIpc) is 2.49. The van der Waals surface area contributed by atoms with Crippen molar-refractivity contribution in [2.24, 2.45) is 5.92 Å². The number of benzene rings is 1. The molecule has 0 unspecified atom stereocenters. The number of nitrogens with zero attached hydrogens (tertiary/aromatic N) is 1. The fraction of sp³-hybridized carbons (Fsp3) is 0.533. The first-order valence-corrected chi connectivity index (χ1v) is 6.91. The number of carbonyl (C=O) groups excluding carboxylic acids is 1. The van der Waals surface area contributed by atoms with Crippen LogP contribution in [0.25, 0.3) is 0 Å². The third-order valence-electron chi connectivity index (χ3n) is 4.01. The molecule has 0 atom stereocenters. The third-order valence-corrected chi connectivity index (χ3v) is 4.01. The molecule has 2 rings (SSSR count). The van der Waals surface area contributed by atoms with E-state index in [1.807, 2.05) is 13.0 Å². The van der Waals surface area contributed by atoms with Gasteiger partial charge in [-0.1, -0.05) is 0 Å². The summed E-state index contributed by atoms with van der Waals surface area (Å²) >= 11 is 0. The number of hydrogen-bond donors (Lipinski definition) is 2. The molecule has 0 aliphatic carbocycles. The number of aliphatic hydroxyl groups is 1. The number of methoxy groups -OCH3 is 1. The fourth-order valence-corrected chi connectivity index (χ4v) is 2.61. The van der Waals surface area contributed by atoms with E-state index in [9.17, 15) is 9.90 Å². The summed E-state index contributed by atoms with van der Waals surface area (Å²) in [5, 5.41) is 9.18. The molecule has 3 N–H and O–H groups in total. The van der Waals surface area contributed by atoms with Crippen molar-refractivity contribution in [2.75, 3.05) is 37.4 Å². The van der Waals surface area contributed by atoms with Crippen molar-refractivity contribution in [1.82, 2.24) is 0 Å². The van der Waals surface area contributed by atoms with Gasteiger partial charge in [-0.2, -0.15) is 0 Å². The zero-order valence-corrected chi connectivity index (χ0v) is 12.1. The Morgan fingerprint density at radius 3 is 2.65 bits per heavy atom. The molecular weight excluding hydrogens is 256 g/mol. The van der Waals surface area contributed by atoms with Crippen LogP contribution < -0.4 is 10.6 Å². The van der Waals surface area contributed by atoms with Crippen molar-refractivity contribution in [3.05, 3.63) is 23.3 Å². The molecule has 0 aromatic heterocycles. The van der Waals surface area contributed by atoms with Crippen LogP contribution in [0, 0.1) is 12.8 Å². The van der Waals surface area contributed by atoms with E-state index < -0.39 is 5.97 Å². The van der Waals surface area contributed by atoms with E-state index in [1.54, 1.807) is 6.07 Å². The van der Waals surface area contributed by atoms with Gasteiger partial charge in [0.15, 0.2) is 0 Å². The van der Waals surface area contributed by atoms with Crippen molar-refractivity contribution >= 4 is 17.3 Å². The van der Waals surface area contributed by atoms with E-state index in [-0.39, 0.29) is 6.61 Å². The Bertz CT molecular complexity index is 494. The van der Waals surface area contributed by atoms with Crippen LogP contribution in [-0.4, -0.2) is 37.9 Å². The van der Waals surface area contributed by atoms with Crippen LogP contribution in [0.4, 0.5) is 11.4 Å². The van der Waals surface area contributed by atoms with Crippen LogP contribution in [-0.2, 0) is 4.74 Å². The van der Waals surface area contributed by atoms with Crippen LogP contribution in [0.3, 0.4) is 0 Å². The van der Waals surface area contributed by atoms with Gasteiger partial charge in [-0.15, -0.1) is 0 Å². The first-order valence-electron chi connectivity index (χ1n) is 6.91. The summed E-state index contributed by atoms with van der Waals surface area (Å²) in [5.41, 5.74) is 8.72. The monoisotopic (exact) mass is 278 g/mol. The number of hydrogen-bond acceptors (Lipinski definition) is 5. The minimum atomic E-state index is -0.405. The summed E-state index contributed by atoms with van der Waals surface area (Å²) in [6.07, 6.45) is 1.93. The second-order valence-corrected chi connectivity index (χ2v) is 5.33. The molecule has 0 radical (unpaired) electrons. The summed E-state index contributed by atoms with van der Waals surface area (Å²) in [4.78, 5) is 14.0. The molecule has 1 aromatic carbocycles. The largest absolute Gasteiger partial charge is 0.465 e. The Labute approximate surface area is 119 Å². The van der Waals surface area contributed by atoms with Gasteiger partial charge in [-0.25, -0.2) is 4.79 Å². The molecule has 1 fully saturated rings. The topological polar surface area (TPSA) is 75.8 Å². The zero-order valence-electron chi connectivity index (χ0n) is 12.1. The Morgan fingerprint density at radius 1 is 1.45 bits per heavy atom. The molecule has 1 aliphatic heterocycles. The molecule has 110 valence electrons. The Balaban J connectivity index is 2.25. The van der Waals surface area contributed by atoms with Gasteiger partial charge in [0.25, 0.3) is 0 Å². The van der Waals surface area contributed by atoms with E-state index in [0.29, 0.717) is 17.2 Å². The molecule has 5 heteroatoms. The van der Waals surface area contributed by atoms with Crippen LogP contribution in [0.2, 0.25) is 0 Å². The number of aryl methyl sites for hydroxylation is 1. The lowest BCUT2D eigenvalue weighted by Gasteiger charge is -2.33. The second-order valence-electron chi connectivity index (χ2n) is 5.33. The van der Waals surface area contributed by atoms with E-state index in [0.717, 1.165) is 37.2 Å². The molecule has 0 spiro atoms. The SMILES string of the molecule is COC(=O)c1cc(N2CCC(CO)CC2)cc(C)c1N. The summed E-state index contributed by atoms with van der Waals surface area (Å²) in [7, 11) is 1.36. The van der Waals surface area contributed by atoms with E-state index in [2.05, 4.69) is 4.90 Å². The minimum absolute atomic E-state index is 0.252. The highest BCUT2D eigenvalue weighted by molar-refractivity contribution is 5.97. The van der Waals surface area contributed by atoms with Gasteiger partial charge in [-0.3, -0.25) is 0 Å². The van der Waals surface area contributed by atoms with Crippen LogP contribution in [0.1, 0.15) is 28.8 Å². The number of aliphatic hydroxyl groups excluding tert-OH is 1.